The molecular formula is C22H16Cl3NO4. The number of ether oxygens (including phenoxy) is 1. The molecule has 8 heteroatoms. The Labute approximate surface area is 187 Å². The van der Waals surface area contributed by atoms with Crippen LogP contribution in [-0.2, 0) is 4.74 Å². The van der Waals surface area contributed by atoms with E-state index in [0.717, 1.165) is 12.8 Å². The summed E-state index contributed by atoms with van der Waals surface area (Å²) < 4.78 is 11.6. The maximum absolute atomic E-state index is 13.4. The fourth-order valence-electron chi connectivity index (χ4n) is 4.22. The SMILES string of the molecule is O=C1c2oc3ccc(Cl)cc3c(=O)c2C(c2ccc(Cl)c(Cl)c2)N1CC1CCCO1. The van der Waals surface area contributed by atoms with E-state index in [4.69, 9.17) is 44.0 Å². The van der Waals surface area contributed by atoms with Crippen molar-refractivity contribution in [1.82, 2.24) is 4.90 Å². The number of benzene rings is 2. The smallest absolute Gasteiger partial charge is 0.291 e. The Morgan fingerprint density at radius 3 is 2.60 bits per heavy atom. The van der Waals surface area contributed by atoms with Crippen molar-refractivity contribution in [3.05, 3.63) is 78.6 Å². The lowest BCUT2D eigenvalue weighted by Crippen LogP contribution is -2.36. The van der Waals surface area contributed by atoms with E-state index < -0.39 is 6.04 Å². The molecule has 3 aromatic rings. The van der Waals surface area contributed by atoms with Crippen LogP contribution in [0.2, 0.25) is 15.1 Å². The van der Waals surface area contributed by atoms with Crippen molar-refractivity contribution < 1.29 is 13.9 Å². The molecule has 2 aromatic carbocycles. The average Bonchev–Trinajstić information content (AvgIpc) is 3.33. The molecule has 2 aliphatic rings. The molecule has 0 radical (unpaired) electrons. The zero-order chi connectivity index (χ0) is 21.0. The van der Waals surface area contributed by atoms with Gasteiger partial charge < -0.3 is 14.1 Å². The number of hydrogen-bond donors (Lipinski definition) is 0. The van der Waals surface area contributed by atoms with Crippen LogP contribution in [0.3, 0.4) is 0 Å². The minimum atomic E-state index is -0.647. The van der Waals surface area contributed by atoms with Crippen LogP contribution in [-0.4, -0.2) is 30.1 Å². The van der Waals surface area contributed by atoms with Crippen molar-refractivity contribution in [2.24, 2.45) is 0 Å². The van der Waals surface area contributed by atoms with E-state index in [1.807, 2.05) is 0 Å². The predicted octanol–water partition coefficient (Wildman–Crippen LogP) is 5.48. The first-order valence-corrected chi connectivity index (χ1v) is 10.7. The third-order valence-corrected chi connectivity index (χ3v) is 6.59. The Morgan fingerprint density at radius 2 is 1.87 bits per heavy atom. The third-order valence-electron chi connectivity index (χ3n) is 5.61. The summed E-state index contributed by atoms with van der Waals surface area (Å²) in [5.41, 5.74) is 1.01. The lowest BCUT2D eigenvalue weighted by molar-refractivity contribution is 0.0486. The fraction of sp³-hybridized carbons (Fsp3) is 0.273. The summed E-state index contributed by atoms with van der Waals surface area (Å²) in [6, 6.07) is 9.24. The molecule has 2 unspecified atom stereocenters. The first-order chi connectivity index (χ1) is 14.4. The quantitative estimate of drug-likeness (QED) is 0.515. The molecule has 2 atom stereocenters. The van der Waals surface area contributed by atoms with Gasteiger partial charge in [-0.1, -0.05) is 40.9 Å². The van der Waals surface area contributed by atoms with Crippen LogP contribution in [0.25, 0.3) is 11.0 Å². The number of fused-ring (bicyclic) bond motifs is 2. The van der Waals surface area contributed by atoms with Crippen LogP contribution in [0, 0.1) is 0 Å². The standard InChI is InChI=1S/C22H16Cl3NO4/c23-12-4-6-17-14(9-12)20(27)18-19(11-3-5-15(24)16(25)8-11)26(22(28)21(18)30-17)10-13-2-1-7-29-13/h3-6,8-9,13,19H,1-2,7,10H2. The highest BCUT2D eigenvalue weighted by molar-refractivity contribution is 6.42. The van der Waals surface area contributed by atoms with Crippen LogP contribution in [0.5, 0.6) is 0 Å². The number of carbonyl (C=O) groups excluding carboxylic acids is 1. The highest BCUT2D eigenvalue weighted by Crippen LogP contribution is 2.40. The lowest BCUT2D eigenvalue weighted by atomic mass is 9.98. The number of carbonyl (C=O) groups is 1. The summed E-state index contributed by atoms with van der Waals surface area (Å²) in [7, 11) is 0. The second-order valence-corrected chi connectivity index (χ2v) is 8.73. The van der Waals surface area contributed by atoms with Crippen molar-refractivity contribution in [2.45, 2.75) is 25.0 Å². The number of amides is 1. The van der Waals surface area contributed by atoms with Gasteiger partial charge in [-0.05, 0) is 48.7 Å². The molecule has 5 rings (SSSR count). The van der Waals surface area contributed by atoms with E-state index in [2.05, 4.69) is 0 Å². The van der Waals surface area contributed by atoms with Gasteiger partial charge in [0.15, 0.2) is 5.43 Å². The normalized spacial score (nSPS) is 20.9. The Balaban J connectivity index is 1.72. The fourth-order valence-corrected chi connectivity index (χ4v) is 4.70. The molecule has 1 aromatic heterocycles. The zero-order valence-electron chi connectivity index (χ0n) is 15.7. The van der Waals surface area contributed by atoms with Gasteiger partial charge in [0.05, 0.1) is 33.1 Å². The molecule has 5 nitrogen and oxygen atoms in total. The van der Waals surface area contributed by atoms with Crippen molar-refractivity contribution in [1.29, 1.82) is 0 Å². The summed E-state index contributed by atoms with van der Waals surface area (Å²) in [6.45, 7) is 1.02. The summed E-state index contributed by atoms with van der Waals surface area (Å²) in [5.74, 6) is -0.297. The molecule has 0 bridgehead atoms. The van der Waals surface area contributed by atoms with Crippen LogP contribution < -0.4 is 5.43 Å². The molecule has 154 valence electrons. The molecule has 0 aliphatic carbocycles. The second-order valence-electron chi connectivity index (χ2n) is 7.48. The Hall–Kier alpha value is -2.05. The summed E-state index contributed by atoms with van der Waals surface area (Å²) in [6.07, 6.45) is 1.71. The van der Waals surface area contributed by atoms with Gasteiger partial charge in [0.25, 0.3) is 5.91 Å². The van der Waals surface area contributed by atoms with Crippen LogP contribution in [0.4, 0.5) is 0 Å². The minimum absolute atomic E-state index is 0.0453. The van der Waals surface area contributed by atoms with Gasteiger partial charge in [-0.15, -0.1) is 0 Å². The summed E-state index contributed by atoms with van der Waals surface area (Å²) >= 11 is 18.4. The van der Waals surface area contributed by atoms with E-state index in [-0.39, 0.29) is 28.8 Å². The van der Waals surface area contributed by atoms with Crippen LogP contribution >= 0.6 is 34.8 Å². The van der Waals surface area contributed by atoms with Gasteiger partial charge in [-0.2, -0.15) is 0 Å². The molecule has 0 spiro atoms. The van der Waals surface area contributed by atoms with Gasteiger partial charge in [0.2, 0.25) is 5.76 Å². The minimum Gasteiger partial charge on any atom is -0.450 e. The number of hydrogen-bond acceptors (Lipinski definition) is 4. The summed E-state index contributed by atoms with van der Waals surface area (Å²) in [5, 5.41) is 1.49. The van der Waals surface area contributed by atoms with Crippen molar-refractivity contribution in [3.8, 4) is 0 Å². The molecule has 0 N–H and O–H groups in total. The maximum atomic E-state index is 13.4. The number of halogens is 3. The van der Waals surface area contributed by atoms with Gasteiger partial charge in [0.1, 0.15) is 5.58 Å². The van der Waals surface area contributed by atoms with Crippen LogP contribution in [0.15, 0.2) is 45.6 Å². The Kier molecular flexibility index (Phi) is 5.02. The van der Waals surface area contributed by atoms with Crippen molar-refractivity contribution in [2.75, 3.05) is 13.2 Å². The molecular weight excluding hydrogens is 449 g/mol. The van der Waals surface area contributed by atoms with E-state index in [0.29, 0.717) is 44.8 Å². The van der Waals surface area contributed by atoms with E-state index in [1.54, 1.807) is 41.3 Å². The molecule has 1 fully saturated rings. The van der Waals surface area contributed by atoms with Gasteiger partial charge >= 0.3 is 0 Å². The highest BCUT2D eigenvalue weighted by atomic mass is 35.5. The maximum Gasteiger partial charge on any atom is 0.291 e. The van der Waals surface area contributed by atoms with Gasteiger partial charge in [-0.3, -0.25) is 9.59 Å². The molecule has 2 aliphatic heterocycles. The highest BCUT2D eigenvalue weighted by Gasteiger charge is 2.44. The van der Waals surface area contributed by atoms with E-state index >= 15 is 0 Å². The number of nitrogens with zero attached hydrogens (tertiary/aromatic N) is 1. The predicted molar refractivity (Wildman–Crippen MR) is 116 cm³/mol. The molecule has 1 amide bonds. The van der Waals surface area contributed by atoms with Crippen LogP contribution in [0.1, 0.15) is 40.6 Å². The summed E-state index contributed by atoms with van der Waals surface area (Å²) in [4.78, 5) is 28.4. The van der Waals surface area contributed by atoms with E-state index in [9.17, 15) is 9.59 Å². The lowest BCUT2D eigenvalue weighted by Gasteiger charge is -2.27. The topological polar surface area (TPSA) is 59.8 Å². The van der Waals surface area contributed by atoms with Crippen molar-refractivity contribution >= 4 is 51.7 Å². The first kappa shape index (κ1) is 19.9. The third kappa shape index (κ3) is 3.21. The Morgan fingerprint density at radius 1 is 1.03 bits per heavy atom. The molecule has 0 saturated carbocycles. The van der Waals surface area contributed by atoms with Crippen molar-refractivity contribution in [3.63, 3.8) is 0 Å². The molecule has 3 heterocycles. The first-order valence-electron chi connectivity index (χ1n) is 9.58. The van der Waals surface area contributed by atoms with E-state index in [1.165, 1.54) is 0 Å². The van der Waals surface area contributed by atoms with Gasteiger partial charge in [0, 0.05) is 18.2 Å². The zero-order valence-corrected chi connectivity index (χ0v) is 17.9. The second kappa shape index (κ2) is 7.57. The molecule has 30 heavy (non-hydrogen) atoms. The Bertz CT molecular complexity index is 1230. The molecule has 1 saturated heterocycles. The number of rotatable bonds is 3. The largest absolute Gasteiger partial charge is 0.450 e. The van der Waals surface area contributed by atoms with Gasteiger partial charge in [-0.25, -0.2) is 0 Å². The monoisotopic (exact) mass is 463 g/mol. The average molecular weight is 465 g/mol.